The number of aromatic amines is 2. The second kappa shape index (κ2) is 14.1. The fourth-order valence-electron chi connectivity index (χ4n) is 6.37. The quantitative estimate of drug-likeness (QED) is 0.313. The normalized spacial score (nSPS) is 17.5. The molecule has 0 unspecified atom stereocenters. The summed E-state index contributed by atoms with van der Waals surface area (Å²) in [6, 6.07) is -0.107. The van der Waals surface area contributed by atoms with Crippen molar-refractivity contribution in [2.75, 3.05) is 14.2 Å². The minimum Gasteiger partial charge on any atom is -0.469 e. The monoisotopic (exact) mass is 616 g/mol. The van der Waals surface area contributed by atoms with E-state index in [1.165, 1.54) is 14.2 Å². The zero-order chi connectivity index (χ0) is 33.0. The Morgan fingerprint density at radius 1 is 0.822 bits per heavy atom. The zero-order valence-corrected chi connectivity index (χ0v) is 27.6. The zero-order valence-electron chi connectivity index (χ0n) is 27.6. The molecule has 0 aromatic carbocycles. The van der Waals surface area contributed by atoms with Crippen LogP contribution >= 0.6 is 0 Å². The van der Waals surface area contributed by atoms with Crippen LogP contribution in [0.3, 0.4) is 0 Å². The maximum absolute atomic E-state index is 12.4. The first-order chi connectivity index (χ1) is 21.4. The number of rotatable bonds is 12. The molecule has 2 aromatic heterocycles. The van der Waals surface area contributed by atoms with Crippen molar-refractivity contribution in [3.63, 3.8) is 0 Å². The predicted molar refractivity (Wildman–Crippen MR) is 173 cm³/mol. The fraction of sp³-hybridized carbons (Fsp3) is 0.457. The van der Waals surface area contributed by atoms with Gasteiger partial charge in [0.05, 0.1) is 26.0 Å². The lowest BCUT2D eigenvalue weighted by atomic mass is 9.96. The SMILES string of the molecule is CCC1=C(C)C(=O)N=C1/C=c1\[nH]/c(=C\c2[nH]c(C[C@H]3NC(=O)C(C)=C3CC)c(C)c2CCC(=O)OC)c(CCC(=O)OC)c1C. The molecule has 2 aliphatic heterocycles. The van der Waals surface area contributed by atoms with Gasteiger partial charge in [0.25, 0.3) is 5.91 Å². The maximum atomic E-state index is 12.4. The summed E-state index contributed by atoms with van der Waals surface area (Å²) >= 11 is 0. The van der Waals surface area contributed by atoms with Gasteiger partial charge in [-0.15, -0.1) is 0 Å². The summed E-state index contributed by atoms with van der Waals surface area (Å²) < 4.78 is 9.85. The lowest BCUT2D eigenvalue weighted by Crippen LogP contribution is -2.31. The summed E-state index contributed by atoms with van der Waals surface area (Å²) in [6.45, 7) is 11.7. The molecule has 1 atom stereocenters. The van der Waals surface area contributed by atoms with E-state index in [4.69, 9.17) is 9.47 Å². The van der Waals surface area contributed by atoms with E-state index in [1.807, 2.05) is 39.8 Å². The number of ether oxygens (including phenoxy) is 2. The topological polar surface area (TPSA) is 143 Å². The minimum atomic E-state index is -0.310. The number of methoxy groups -OCH3 is 2. The summed E-state index contributed by atoms with van der Waals surface area (Å²) in [6.07, 6.45) is 7.28. The third-order valence-electron chi connectivity index (χ3n) is 9.15. The average Bonchev–Trinajstić information content (AvgIpc) is 3.67. The first kappa shape index (κ1) is 33.4. The predicted octanol–water partition coefficient (Wildman–Crippen LogP) is 3.26. The lowest BCUT2D eigenvalue weighted by Gasteiger charge is -2.14. The Bertz CT molecular complexity index is 1760. The van der Waals surface area contributed by atoms with Crippen LogP contribution < -0.4 is 16.0 Å². The number of nitrogens with zero attached hydrogens (tertiary/aromatic N) is 1. The Morgan fingerprint density at radius 2 is 1.47 bits per heavy atom. The second-order valence-corrected chi connectivity index (χ2v) is 11.6. The number of aromatic nitrogens is 2. The molecule has 2 amide bonds. The van der Waals surface area contributed by atoms with Gasteiger partial charge in [-0.2, -0.15) is 0 Å². The van der Waals surface area contributed by atoms with Crippen LogP contribution in [0.15, 0.2) is 27.3 Å². The summed E-state index contributed by atoms with van der Waals surface area (Å²) in [4.78, 5) is 60.5. The van der Waals surface area contributed by atoms with E-state index in [1.54, 1.807) is 6.92 Å². The number of esters is 2. The van der Waals surface area contributed by atoms with Gasteiger partial charge in [-0.3, -0.25) is 19.2 Å². The van der Waals surface area contributed by atoms with Gasteiger partial charge >= 0.3 is 11.9 Å². The molecule has 240 valence electrons. The average molecular weight is 617 g/mol. The molecule has 45 heavy (non-hydrogen) atoms. The Labute approximate surface area is 263 Å². The largest absolute Gasteiger partial charge is 0.469 e. The van der Waals surface area contributed by atoms with E-state index < -0.39 is 0 Å². The molecule has 0 radical (unpaired) electrons. The molecule has 0 saturated heterocycles. The van der Waals surface area contributed by atoms with Gasteiger partial charge in [0.1, 0.15) is 0 Å². The van der Waals surface area contributed by atoms with Gasteiger partial charge in [0, 0.05) is 52.5 Å². The van der Waals surface area contributed by atoms with E-state index in [9.17, 15) is 19.2 Å². The number of carbonyl (C=O) groups excluding carboxylic acids is 4. The minimum absolute atomic E-state index is 0.0375. The van der Waals surface area contributed by atoms with Crippen LogP contribution in [0.25, 0.3) is 12.2 Å². The molecule has 0 saturated carbocycles. The van der Waals surface area contributed by atoms with Crippen molar-refractivity contribution in [3.8, 4) is 0 Å². The van der Waals surface area contributed by atoms with Crippen LogP contribution in [0, 0.1) is 13.8 Å². The first-order valence-corrected chi connectivity index (χ1v) is 15.5. The first-order valence-electron chi connectivity index (χ1n) is 15.5. The molecule has 2 aromatic rings. The van der Waals surface area contributed by atoms with Crippen molar-refractivity contribution in [1.82, 2.24) is 15.3 Å². The molecule has 4 rings (SSSR count). The van der Waals surface area contributed by atoms with Crippen molar-refractivity contribution in [2.24, 2.45) is 4.99 Å². The highest BCUT2D eigenvalue weighted by molar-refractivity contribution is 6.30. The van der Waals surface area contributed by atoms with Crippen LogP contribution in [-0.4, -0.2) is 59.7 Å². The highest BCUT2D eigenvalue weighted by Gasteiger charge is 2.29. The number of H-pyrrole nitrogens is 2. The van der Waals surface area contributed by atoms with Gasteiger partial charge in [-0.05, 0) is 98.9 Å². The van der Waals surface area contributed by atoms with Crippen molar-refractivity contribution in [2.45, 2.75) is 92.5 Å². The van der Waals surface area contributed by atoms with Crippen molar-refractivity contribution >= 4 is 41.6 Å². The molecule has 10 heteroatoms. The van der Waals surface area contributed by atoms with Crippen LogP contribution in [0.4, 0.5) is 0 Å². The summed E-state index contributed by atoms with van der Waals surface area (Å²) in [7, 11) is 2.75. The van der Waals surface area contributed by atoms with E-state index in [0.29, 0.717) is 37.0 Å². The summed E-state index contributed by atoms with van der Waals surface area (Å²) in [5.41, 5.74) is 9.79. The van der Waals surface area contributed by atoms with Gasteiger partial charge in [-0.1, -0.05) is 13.8 Å². The number of nitrogens with one attached hydrogen (secondary N) is 3. The molecule has 0 aliphatic carbocycles. The number of amides is 2. The van der Waals surface area contributed by atoms with Gasteiger partial charge in [-0.25, -0.2) is 4.99 Å². The van der Waals surface area contributed by atoms with E-state index in [-0.39, 0.29) is 42.6 Å². The Balaban J connectivity index is 1.86. The third-order valence-corrected chi connectivity index (χ3v) is 9.15. The molecule has 0 bridgehead atoms. The van der Waals surface area contributed by atoms with Crippen LogP contribution in [0.1, 0.15) is 87.0 Å². The number of hydrogen-bond donors (Lipinski definition) is 3. The van der Waals surface area contributed by atoms with E-state index >= 15 is 0 Å². The van der Waals surface area contributed by atoms with Gasteiger partial charge in [0.15, 0.2) is 0 Å². The Kier molecular flexibility index (Phi) is 10.5. The number of hydrogen-bond acceptors (Lipinski definition) is 6. The van der Waals surface area contributed by atoms with Gasteiger partial charge < -0.3 is 24.8 Å². The van der Waals surface area contributed by atoms with Crippen LogP contribution in [0.5, 0.6) is 0 Å². The molecular formula is C35H44N4O6. The molecule has 2 aliphatic rings. The van der Waals surface area contributed by atoms with Crippen LogP contribution in [0.2, 0.25) is 0 Å². The van der Waals surface area contributed by atoms with Gasteiger partial charge in [0.2, 0.25) is 5.91 Å². The molecule has 3 N–H and O–H groups in total. The number of allylic oxidation sites excluding steroid dienone is 1. The fourth-order valence-corrected chi connectivity index (χ4v) is 6.37. The van der Waals surface area contributed by atoms with Crippen LogP contribution in [-0.2, 0) is 47.9 Å². The molecular weight excluding hydrogens is 572 g/mol. The molecule has 4 heterocycles. The number of carbonyl (C=O) groups is 4. The van der Waals surface area contributed by atoms with Crippen molar-refractivity contribution < 1.29 is 28.7 Å². The lowest BCUT2D eigenvalue weighted by molar-refractivity contribution is -0.141. The summed E-state index contributed by atoms with van der Waals surface area (Å²) in [5, 5.41) is 4.71. The van der Waals surface area contributed by atoms with Crippen molar-refractivity contribution in [3.05, 3.63) is 66.6 Å². The highest BCUT2D eigenvalue weighted by Crippen LogP contribution is 2.27. The molecule has 0 spiro atoms. The molecule has 0 fully saturated rings. The third kappa shape index (κ3) is 6.95. The van der Waals surface area contributed by atoms with Crippen molar-refractivity contribution in [1.29, 1.82) is 0 Å². The Morgan fingerprint density at radius 3 is 2.07 bits per heavy atom. The van der Waals surface area contributed by atoms with E-state index in [2.05, 4.69) is 27.2 Å². The number of aliphatic imine (C=N–C) groups is 1. The standard InChI is InChI=1S/C35H44N4O6/c1-9-22-20(5)34(42)38-28(22)15-26-18(3)24(11-13-32(40)44-7)30(36-26)17-31-25(12-14-33(41)45-8)19(4)27(37-31)16-29-23(10-2)21(6)35(43)39-29/h15,17,29,36-37H,9-14,16H2,1-8H3,(H,39,43)/b26-15-,30-17-/t29-/m1/s1. The maximum Gasteiger partial charge on any atom is 0.305 e. The highest BCUT2D eigenvalue weighted by atomic mass is 16.5. The summed E-state index contributed by atoms with van der Waals surface area (Å²) in [5.74, 6) is -0.870. The smallest absolute Gasteiger partial charge is 0.305 e. The van der Waals surface area contributed by atoms with E-state index in [0.717, 1.165) is 67.5 Å². The molecule has 10 nitrogen and oxygen atoms in total. The second-order valence-electron chi connectivity index (χ2n) is 11.6. The Hall–Kier alpha value is -4.47.